The van der Waals surface area contributed by atoms with E-state index in [0.717, 1.165) is 23.1 Å². The van der Waals surface area contributed by atoms with Crippen LogP contribution in [0.2, 0.25) is 0 Å². The number of hydrogen-bond acceptors (Lipinski definition) is 4. The molecule has 2 aromatic rings. The van der Waals surface area contributed by atoms with Gasteiger partial charge in [-0.25, -0.2) is 0 Å². The summed E-state index contributed by atoms with van der Waals surface area (Å²) in [6, 6.07) is 12.1. The summed E-state index contributed by atoms with van der Waals surface area (Å²) in [7, 11) is 3.46. The molecule has 1 atom stereocenters. The van der Waals surface area contributed by atoms with Crippen LogP contribution < -0.4 is 0 Å². The fourth-order valence-electron chi connectivity index (χ4n) is 3.78. The van der Waals surface area contributed by atoms with E-state index in [4.69, 9.17) is 4.74 Å². The summed E-state index contributed by atoms with van der Waals surface area (Å²) >= 11 is 0. The largest absolute Gasteiger partial charge is 0.361 e. The molecule has 29 heavy (non-hydrogen) atoms. The van der Waals surface area contributed by atoms with E-state index >= 15 is 0 Å². The predicted molar refractivity (Wildman–Crippen MR) is 112 cm³/mol. The van der Waals surface area contributed by atoms with Gasteiger partial charge in [0.25, 0.3) is 5.91 Å². The first kappa shape index (κ1) is 21.0. The Labute approximate surface area is 172 Å². The van der Waals surface area contributed by atoms with E-state index in [0.29, 0.717) is 26.0 Å². The predicted octanol–water partition coefficient (Wildman–Crippen LogP) is 2.78. The summed E-state index contributed by atoms with van der Waals surface area (Å²) < 4.78 is 6.07. The Morgan fingerprint density at radius 3 is 2.38 bits per heavy atom. The monoisotopic (exact) mass is 395 g/mol. The van der Waals surface area contributed by atoms with Gasteiger partial charge in [-0.1, -0.05) is 31.2 Å². The molecule has 0 radical (unpaired) electrons. The number of likely N-dealkylation sites (N-methyl/N-ethyl adjacent to an activating group) is 1. The van der Waals surface area contributed by atoms with Crippen molar-refractivity contribution in [2.24, 2.45) is 0 Å². The van der Waals surface area contributed by atoms with Crippen LogP contribution in [0.15, 0.2) is 48.8 Å². The minimum atomic E-state index is -1.05. The number of hydrogen-bond donors (Lipinski definition) is 0. The number of nitrogens with zero attached hydrogens (tertiary/aromatic N) is 3. The number of ether oxygens (including phenoxy) is 1. The van der Waals surface area contributed by atoms with Crippen molar-refractivity contribution in [3.8, 4) is 11.1 Å². The molecule has 1 aromatic carbocycles. The number of pyridine rings is 1. The van der Waals surface area contributed by atoms with E-state index < -0.39 is 5.60 Å². The second-order valence-corrected chi connectivity index (χ2v) is 7.72. The van der Waals surface area contributed by atoms with Crippen molar-refractivity contribution in [2.45, 2.75) is 31.8 Å². The third-order valence-corrected chi connectivity index (χ3v) is 5.26. The van der Waals surface area contributed by atoms with Crippen LogP contribution in [0, 0.1) is 0 Å². The topological polar surface area (TPSA) is 62.7 Å². The number of morpholine rings is 1. The van der Waals surface area contributed by atoms with E-state index in [2.05, 4.69) is 4.98 Å². The fraction of sp³-hybridized carbons (Fsp3) is 0.435. The lowest BCUT2D eigenvalue weighted by Crippen LogP contribution is -2.61. The fourth-order valence-corrected chi connectivity index (χ4v) is 3.78. The lowest BCUT2D eigenvalue weighted by molar-refractivity contribution is -0.172. The molecule has 1 saturated heterocycles. The van der Waals surface area contributed by atoms with E-state index in [1.54, 1.807) is 36.3 Å². The smallest absolute Gasteiger partial charge is 0.256 e. The van der Waals surface area contributed by atoms with Gasteiger partial charge in [0, 0.05) is 45.9 Å². The molecule has 2 heterocycles. The van der Waals surface area contributed by atoms with Gasteiger partial charge in [-0.15, -0.1) is 0 Å². The Morgan fingerprint density at radius 2 is 1.76 bits per heavy atom. The highest BCUT2D eigenvalue weighted by molar-refractivity contribution is 5.87. The van der Waals surface area contributed by atoms with Crippen LogP contribution >= 0.6 is 0 Å². The zero-order valence-corrected chi connectivity index (χ0v) is 17.4. The van der Waals surface area contributed by atoms with Gasteiger partial charge in [0.05, 0.1) is 13.2 Å². The van der Waals surface area contributed by atoms with Gasteiger partial charge in [0.2, 0.25) is 5.91 Å². The minimum Gasteiger partial charge on any atom is -0.361 e. The second-order valence-electron chi connectivity index (χ2n) is 7.72. The van der Waals surface area contributed by atoms with Crippen LogP contribution in [-0.4, -0.2) is 66.0 Å². The summed E-state index contributed by atoms with van der Waals surface area (Å²) in [4.78, 5) is 33.0. The van der Waals surface area contributed by atoms with Gasteiger partial charge in [-0.2, -0.15) is 0 Å². The standard InChI is InChI=1S/C23H29N3O3/c1-4-5-21(27)26-14-15-29-23(17-26,22(28)25(2)3)16-18-6-8-19(9-7-18)20-10-12-24-13-11-20/h6-13H,4-5,14-17H2,1-3H3/t23-/m1/s1. The highest BCUT2D eigenvalue weighted by atomic mass is 16.5. The number of carbonyl (C=O) groups is 2. The van der Waals surface area contributed by atoms with Gasteiger partial charge in [0.1, 0.15) is 0 Å². The zero-order valence-electron chi connectivity index (χ0n) is 17.4. The molecular formula is C23H29N3O3. The van der Waals surface area contributed by atoms with Crippen molar-refractivity contribution in [1.82, 2.24) is 14.8 Å². The van der Waals surface area contributed by atoms with Gasteiger partial charge < -0.3 is 14.5 Å². The quantitative estimate of drug-likeness (QED) is 0.755. The first-order valence-electron chi connectivity index (χ1n) is 10.1. The van der Waals surface area contributed by atoms with Crippen LogP contribution in [0.5, 0.6) is 0 Å². The van der Waals surface area contributed by atoms with Crippen LogP contribution in [0.3, 0.4) is 0 Å². The maximum absolute atomic E-state index is 13.1. The van der Waals surface area contributed by atoms with Crippen molar-refractivity contribution in [1.29, 1.82) is 0 Å². The van der Waals surface area contributed by atoms with E-state index in [1.165, 1.54) is 0 Å². The number of carbonyl (C=O) groups excluding carboxylic acids is 2. The number of rotatable bonds is 6. The Morgan fingerprint density at radius 1 is 1.10 bits per heavy atom. The van der Waals surface area contributed by atoms with E-state index in [1.807, 2.05) is 43.3 Å². The van der Waals surface area contributed by atoms with Gasteiger partial charge in [-0.05, 0) is 35.2 Å². The van der Waals surface area contributed by atoms with Crippen molar-refractivity contribution in [2.75, 3.05) is 33.8 Å². The molecule has 3 rings (SSSR count). The zero-order chi connectivity index (χ0) is 20.9. The third-order valence-electron chi connectivity index (χ3n) is 5.26. The molecule has 0 N–H and O–H groups in total. The normalized spacial score (nSPS) is 19.1. The van der Waals surface area contributed by atoms with Crippen molar-refractivity contribution in [3.63, 3.8) is 0 Å². The lowest BCUT2D eigenvalue weighted by atomic mass is 9.90. The summed E-state index contributed by atoms with van der Waals surface area (Å²) in [5.74, 6) is -0.0236. The Bertz CT molecular complexity index is 836. The van der Waals surface area contributed by atoms with Crippen molar-refractivity contribution < 1.29 is 14.3 Å². The molecule has 6 heteroatoms. The molecule has 1 fully saturated rings. The van der Waals surface area contributed by atoms with Gasteiger partial charge in [0.15, 0.2) is 5.60 Å². The van der Waals surface area contributed by atoms with Crippen molar-refractivity contribution >= 4 is 11.8 Å². The molecule has 0 aliphatic carbocycles. The first-order chi connectivity index (χ1) is 13.9. The minimum absolute atomic E-state index is 0.0831. The maximum atomic E-state index is 13.1. The third kappa shape index (κ3) is 4.82. The van der Waals surface area contributed by atoms with Crippen LogP contribution in [0.25, 0.3) is 11.1 Å². The number of amides is 2. The lowest BCUT2D eigenvalue weighted by Gasteiger charge is -2.43. The van der Waals surface area contributed by atoms with Gasteiger partial charge in [-0.3, -0.25) is 14.6 Å². The molecule has 1 aliphatic rings. The average Bonchev–Trinajstić information content (AvgIpc) is 2.74. The molecule has 2 amide bonds. The van der Waals surface area contributed by atoms with Crippen LogP contribution in [0.1, 0.15) is 25.3 Å². The molecule has 6 nitrogen and oxygen atoms in total. The molecule has 1 aromatic heterocycles. The molecule has 0 saturated carbocycles. The summed E-state index contributed by atoms with van der Waals surface area (Å²) in [5, 5.41) is 0. The Balaban J connectivity index is 1.84. The number of aromatic nitrogens is 1. The molecule has 0 unspecified atom stereocenters. The summed E-state index contributed by atoms with van der Waals surface area (Å²) in [6.45, 7) is 3.17. The number of benzene rings is 1. The maximum Gasteiger partial charge on any atom is 0.256 e. The van der Waals surface area contributed by atoms with E-state index in [-0.39, 0.29) is 18.4 Å². The Kier molecular flexibility index (Phi) is 6.64. The Hall–Kier alpha value is -2.73. The second kappa shape index (κ2) is 9.18. The van der Waals surface area contributed by atoms with E-state index in [9.17, 15) is 9.59 Å². The summed E-state index contributed by atoms with van der Waals surface area (Å²) in [5.41, 5.74) is 2.13. The summed E-state index contributed by atoms with van der Waals surface area (Å²) in [6.07, 6.45) is 5.25. The van der Waals surface area contributed by atoms with Crippen LogP contribution in [-0.2, 0) is 20.7 Å². The molecule has 1 aliphatic heterocycles. The first-order valence-corrected chi connectivity index (χ1v) is 10.1. The van der Waals surface area contributed by atoms with Crippen molar-refractivity contribution in [3.05, 3.63) is 54.4 Å². The molecule has 0 bridgehead atoms. The molecule has 0 spiro atoms. The highest BCUT2D eigenvalue weighted by Gasteiger charge is 2.45. The SMILES string of the molecule is CCCC(=O)N1CCO[C@@](Cc2ccc(-c3ccncc3)cc2)(C(=O)N(C)C)C1. The highest BCUT2D eigenvalue weighted by Crippen LogP contribution is 2.27. The molecular weight excluding hydrogens is 366 g/mol. The molecule has 154 valence electrons. The average molecular weight is 396 g/mol. The van der Waals surface area contributed by atoms with Gasteiger partial charge >= 0.3 is 0 Å². The van der Waals surface area contributed by atoms with Crippen LogP contribution in [0.4, 0.5) is 0 Å².